The molecule has 0 amide bonds. The zero-order chi connectivity index (χ0) is 13.6. The summed E-state index contributed by atoms with van der Waals surface area (Å²) in [5, 5.41) is 0. The fourth-order valence-electron chi connectivity index (χ4n) is 3.90. The number of benzene rings is 1. The van der Waals surface area contributed by atoms with E-state index in [-0.39, 0.29) is 17.8 Å². The fraction of sp³-hybridized carbons (Fsp3) is 0.389. The Morgan fingerprint density at radius 3 is 2.47 bits per heavy atom. The first-order valence-corrected chi connectivity index (χ1v) is 7.02. The Bertz CT molecular complexity index is 548. The van der Waals surface area contributed by atoms with Crippen LogP contribution in [0, 0.1) is 17.8 Å². The SMILES string of the molecule is C=C1C2C(=O)C(C[C@H]2C=C(C)C)[C@@H]1c1ccccc1. The highest BCUT2D eigenvalue weighted by Crippen LogP contribution is 2.56. The zero-order valence-electron chi connectivity index (χ0n) is 11.6. The minimum absolute atomic E-state index is 0.0603. The van der Waals surface area contributed by atoms with E-state index in [0.29, 0.717) is 11.7 Å². The molecule has 0 N–H and O–H groups in total. The summed E-state index contributed by atoms with van der Waals surface area (Å²) in [6.45, 7) is 8.46. The van der Waals surface area contributed by atoms with E-state index >= 15 is 0 Å². The highest BCUT2D eigenvalue weighted by Gasteiger charge is 2.54. The topological polar surface area (TPSA) is 17.1 Å². The largest absolute Gasteiger partial charge is 0.299 e. The van der Waals surface area contributed by atoms with Gasteiger partial charge in [0.25, 0.3) is 0 Å². The van der Waals surface area contributed by atoms with Crippen LogP contribution in [0.4, 0.5) is 0 Å². The molecule has 4 atom stereocenters. The number of hydrogen-bond donors (Lipinski definition) is 0. The summed E-state index contributed by atoms with van der Waals surface area (Å²) in [4.78, 5) is 12.5. The molecular weight excluding hydrogens is 232 g/mol. The summed E-state index contributed by atoms with van der Waals surface area (Å²) in [5.41, 5.74) is 3.69. The fourth-order valence-corrected chi connectivity index (χ4v) is 3.90. The summed E-state index contributed by atoms with van der Waals surface area (Å²) < 4.78 is 0. The molecule has 0 aromatic heterocycles. The first-order valence-electron chi connectivity index (χ1n) is 7.02. The van der Waals surface area contributed by atoms with E-state index in [4.69, 9.17) is 0 Å². The number of carbonyl (C=O) groups is 1. The van der Waals surface area contributed by atoms with Gasteiger partial charge in [0.05, 0.1) is 0 Å². The van der Waals surface area contributed by atoms with Crippen molar-refractivity contribution in [2.75, 3.05) is 0 Å². The summed E-state index contributed by atoms with van der Waals surface area (Å²) in [7, 11) is 0. The molecule has 1 heteroatoms. The number of rotatable bonds is 2. The van der Waals surface area contributed by atoms with Crippen molar-refractivity contribution < 1.29 is 4.79 Å². The minimum atomic E-state index is 0.0603. The van der Waals surface area contributed by atoms with Crippen molar-refractivity contribution >= 4 is 5.78 Å². The van der Waals surface area contributed by atoms with Crippen molar-refractivity contribution in [2.45, 2.75) is 26.2 Å². The molecule has 0 radical (unpaired) electrons. The third-order valence-corrected chi connectivity index (χ3v) is 4.53. The Morgan fingerprint density at radius 2 is 1.89 bits per heavy atom. The maximum Gasteiger partial charge on any atom is 0.144 e. The lowest BCUT2D eigenvalue weighted by atomic mass is 9.75. The molecule has 2 unspecified atom stereocenters. The highest BCUT2D eigenvalue weighted by atomic mass is 16.1. The molecule has 2 saturated carbocycles. The van der Waals surface area contributed by atoms with Crippen molar-refractivity contribution in [3.63, 3.8) is 0 Å². The molecule has 2 fully saturated rings. The molecule has 2 bridgehead atoms. The van der Waals surface area contributed by atoms with Crippen molar-refractivity contribution in [3.8, 4) is 0 Å². The molecule has 0 heterocycles. The summed E-state index contributed by atoms with van der Waals surface area (Å²) >= 11 is 0. The van der Waals surface area contributed by atoms with Crippen LogP contribution in [0.3, 0.4) is 0 Å². The number of hydrogen-bond acceptors (Lipinski definition) is 1. The van der Waals surface area contributed by atoms with Crippen LogP contribution in [0.2, 0.25) is 0 Å². The van der Waals surface area contributed by atoms with Crippen LogP contribution in [-0.2, 0) is 4.79 Å². The predicted molar refractivity (Wildman–Crippen MR) is 77.8 cm³/mol. The number of allylic oxidation sites excluding steroid dienone is 3. The van der Waals surface area contributed by atoms with Gasteiger partial charge in [0, 0.05) is 17.8 Å². The average molecular weight is 252 g/mol. The van der Waals surface area contributed by atoms with Gasteiger partial charge in [-0.2, -0.15) is 0 Å². The van der Waals surface area contributed by atoms with E-state index in [9.17, 15) is 4.79 Å². The second-order valence-electron chi connectivity index (χ2n) is 6.09. The first kappa shape index (κ1) is 12.4. The van der Waals surface area contributed by atoms with Gasteiger partial charge in [-0.25, -0.2) is 0 Å². The maximum absolute atomic E-state index is 12.5. The van der Waals surface area contributed by atoms with Gasteiger partial charge >= 0.3 is 0 Å². The number of Topliss-reactive ketones (excluding diaryl/α,β-unsaturated/α-hetero) is 1. The molecule has 19 heavy (non-hydrogen) atoms. The summed E-state index contributed by atoms with van der Waals surface area (Å²) in [5.74, 6) is 1.27. The van der Waals surface area contributed by atoms with Crippen molar-refractivity contribution in [1.82, 2.24) is 0 Å². The Balaban J connectivity index is 1.94. The number of carbonyl (C=O) groups excluding carboxylic acids is 1. The lowest BCUT2D eigenvalue weighted by Gasteiger charge is -2.27. The molecule has 1 aromatic rings. The van der Waals surface area contributed by atoms with Gasteiger partial charge in [0.15, 0.2) is 0 Å². The second kappa shape index (κ2) is 4.48. The van der Waals surface area contributed by atoms with Gasteiger partial charge in [0.1, 0.15) is 5.78 Å². The van der Waals surface area contributed by atoms with E-state index in [1.165, 1.54) is 11.1 Å². The molecule has 1 nitrogen and oxygen atoms in total. The lowest BCUT2D eigenvalue weighted by molar-refractivity contribution is -0.121. The quantitative estimate of drug-likeness (QED) is 0.723. The summed E-state index contributed by atoms with van der Waals surface area (Å²) in [6, 6.07) is 10.4. The molecular formula is C18H20O. The monoisotopic (exact) mass is 252 g/mol. The van der Waals surface area contributed by atoms with Crippen LogP contribution in [0.5, 0.6) is 0 Å². The number of fused-ring (bicyclic) bond motifs is 2. The van der Waals surface area contributed by atoms with Crippen LogP contribution in [0.15, 0.2) is 54.1 Å². The van der Waals surface area contributed by atoms with Gasteiger partial charge in [-0.05, 0) is 31.7 Å². The molecule has 0 aliphatic heterocycles. The Labute approximate surface area is 115 Å². The van der Waals surface area contributed by atoms with Crippen LogP contribution < -0.4 is 0 Å². The summed E-state index contributed by atoms with van der Waals surface area (Å²) in [6.07, 6.45) is 3.25. The smallest absolute Gasteiger partial charge is 0.144 e. The van der Waals surface area contributed by atoms with Gasteiger partial charge < -0.3 is 0 Å². The van der Waals surface area contributed by atoms with Gasteiger partial charge in [-0.3, -0.25) is 4.79 Å². The van der Waals surface area contributed by atoms with Crippen LogP contribution in [0.25, 0.3) is 0 Å². The maximum atomic E-state index is 12.5. The van der Waals surface area contributed by atoms with Crippen molar-refractivity contribution in [3.05, 3.63) is 59.7 Å². The van der Waals surface area contributed by atoms with E-state index in [1.807, 2.05) is 18.2 Å². The molecule has 1 aromatic carbocycles. The van der Waals surface area contributed by atoms with Gasteiger partial charge in [-0.1, -0.05) is 54.1 Å². The average Bonchev–Trinajstić information content (AvgIpc) is 2.79. The standard InChI is InChI=1S/C18H20O/c1-11(2)9-14-10-15-16(12(3)17(14)18(15)19)13-7-5-4-6-8-13/h4-9,14-17H,3,10H2,1-2H3/t14-,15?,16+,17?/m1/s1. The van der Waals surface area contributed by atoms with E-state index in [0.717, 1.165) is 12.0 Å². The van der Waals surface area contributed by atoms with Gasteiger partial charge in [0.2, 0.25) is 0 Å². The first-order chi connectivity index (χ1) is 9.09. The third kappa shape index (κ3) is 1.88. The Morgan fingerprint density at radius 1 is 1.21 bits per heavy atom. The zero-order valence-corrected chi connectivity index (χ0v) is 11.6. The predicted octanol–water partition coefficient (Wildman–Crippen LogP) is 4.13. The Hall–Kier alpha value is -1.63. The molecule has 0 spiro atoms. The van der Waals surface area contributed by atoms with Crippen molar-refractivity contribution in [1.29, 1.82) is 0 Å². The molecule has 98 valence electrons. The van der Waals surface area contributed by atoms with Crippen LogP contribution in [-0.4, -0.2) is 5.78 Å². The highest BCUT2D eigenvalue weighted by molar-refractivity contribution is 5.94. The molecule has 3 rings (SSSR count). The van der Waals surface area contributed by atoms with Gasteiger partial charge in [-0.15, -0.1) is 0 Å². The lowest BCUT2D eigenvalue weighted by Crippen LogP contribution is -2.17. The Kier molecular flexibility index (Phi) is 2.93. The van der Waals surface area contributed by atoms with Crippen LogP contribution >= 0.6 is 0 Å². The molecule has 2 aliphatic carbocycles. The van der Waals surface area contributed by atoms with E-state index < -0.39 is 0 Å². The van der Waals surface area contributed by atoms with Crippen LogP contribution in [0.1, 0.15) is 31.7 Å². The normalized spacial score (nSPS) is 32.7. The minimum Gasteiger partial charge on any atom is -0.299 e. The van der Waals surface area contributed by atoms with E-state index in [2.05, 4.69) is 38.6 Å². The van der Waals surface area contributed by atoms with E-state index in [1.54, 1.807) is 0 Å². The molecule has 0 saturated heterocycles. The number of ketones is 1. The second-order valence-corrected chi connectivity index (χ2v) is 6.09. The molecule has 2 aliphatic rings. The van der Waals surface area contributed by atoms with Crippen molar-refractivity contribution in [2.24, 2.45) is 17.8 Å². The third-order valence-electron chi connectivity index (χ3n) is 4.53.